The highest BCUT2D eigenvalue weighted by Gasteiger charge is 2.20. The molecule has 0 atom stereocenters. The number of amides is 1. The number of nitrogens with zero attached hydrogens (tertiary/aromatic N) is 3. The number of hydrogen-bond acceptors (Lipinski definition) is 5. The molecule has 2 heterocycles. The summed E-state index contributed by atoms with van der Waals surface area (Å²) in [6.45, 7) is 0. The molecule has 0 fully saturated rings. The normalized spacial score (nSPS) is 11.3. The van der Waals surface area contributed by atoms with Gasteiger partial charge in [0.15, 0.2) is 5.13 Å². The number of hydrogen-bond donors (Lipinski definition) is 1. The zero-order chi connectivity index (χ0) is 23.7. The Morgan fingerprint density at radius 3 is 2.53 bits per heavy atom. The predicted octanol–water partition coefficient (Wildman–Crippen LogP) is 6.86. The third kappa shape index (κ3) is 4.68. The fourth-order valence-electron chi connectivity index (χ4n) is 3.37. The lowest BCUT2D eigenvalue weighted by atomic mass is 10.1. The average Bonchev–Trinajstić information content (AvgIpc) is 3.44. The van der Waals surface area contributed by atoms with Crippen molar-refractivity contribution < 1.29 is 18.0 Å². The standard InChI is InChI=1S/C24H15F3N4OS2/c25-15-8-6-14(7-9-15)21-18(13-31(30-21)16-4-2-1-3-5-16)22(32)29-24-28-19-11-10-17(33-23(26)27)12-20(19)34-24/h1-13,23H,(H,28,29,32). The van der Waals surface area contributed by atoms with Crippen LogP contribution in [0.2, 0.25) is 0 Å². The smallest absolute Gasteiger partial charge is 0.288 e. The molecule has 3 aromatic carbocycles. The molecule has 0 spiro atoms. The van der Waals surface area contributed by atoms with Crippen LogP contribution in [0.1, 0.15) is 10.4 Å². The summed E-state index contributed by atoms with van der Waals surface area (Å²) in [6.07, 6.45) is 1.61. The molecule has 0 saturated heterocycles. The van der Waals surface area contributed by atoms with Crippen molar-refractivity contribution in [2.75, 3.05) is 5.32 Å². The molecule has 5 nitrogen and oxygen atoms in total. The average molecular weight is 497 g/mol. The van der Waals surface area contributed by atoms with Crippen LogP contribution >= 0.6 is 23.1 Å². The Morgan fingerprint density at radius 2 is 1.79 bits per heavy atom. The van der Waals surface area contributed by atoms with Gasteiger partial charge in [0.1, 0.15) is 11.5 Å². The van der Waals surface area contributed by atoms with Gasteiger partial charge >= 0.3 is 0 Å². The first-order valence-electron chi connectivity index (χ1n) is 10.0. The lowest BCUT2D eigenvalue weighted by Gasteiger charge is -2.02. The van der Waals surface area contributed by atoms with Crippen LogP contribution in [-0.2, 0) is 0 Å². The van der Waals surface area contributed by atoms with Crippen LogP contribution in [0.15, 0.2) is 83.9 Å². The van der Waals surface area contributed by atoms with Crippen molar-refractivity contribution in [3.05, 3.63) is 90.4 Å². The number of fused-ring (bicyclic) bond motifs is 1. The molecule has 2 aromatic heterocycles. The molecule has 0 bridgehead atoms. The minimum Gasteiger partial charge on any atom is -0.298 e. The van der Waals surface area contributed by atoms with E-state index < -0.39 is 17.5 Å². The van der Waals surface area contributed by atoms with Crippen molar-refractivity contribution in [1.29, 1.82) is 0 Å². The van der Waals surface area contributed by atoms with Gasteiger partial charge in [-0.3, -0.25) is 10.1 Å². The van der Waals surface area contributed by atoms with Gasteiger partial charge in [0.05, 0.1) is 21.5 Å². The number of para-hydroxylation sites is 1. The van der Waals surface area contributed by atoms with Crippen LogP contribution in [0.5, 0.6) is 0 Å². The summed E-state index contributed by atoms with van der Waals surface area (Å²) in [7, 11) is 0. The molecule has 1 amide bonds. The van der Waals surface area contributed by atoms with Gasteiger partial charge in [0.2, 0.25) is 0 Å². The van der Waals surface area contributed by atoms with Crippen LogP contribution in [0.25, 0.3) is 27.2 Å². The van der Waals surface area contributed by atoms with Gasteiger partial charge in [-0.1, -0.05) is 41.3 Å². The Balaban J connectivity index is 1.49. The summed E-state index contributed by atoms with van der Waals surface area (Å²) in [5.41, 5.74) is 2.60. The fourth-order valence-corrected chi connectivity index (χ4v) is 4.89. The van der Waals surface area contributed by atoms with E-state index in [9.17, 15) is 18.0 Å². The molecule has 0 unspecified atom stereocenters. The van der Waals surface area contributed by atoms with Gasteiger partial charge in [-0.15, -0.1) is 0 Å². The topological polar surface area (TPSA) is 59.8 Å². The number of rotatable bonds is 6. The van der Waals surface area contributed by atoms with Crippen molar-refractivity contribution in [3.63, 3.8) is 0 Å². The molecule has 10 heteroatoms. The molecule has 0 aliphatic carbocycles. The van der Waals surface area contributed by atoms with Gasteiger partial charge in [0.25, 0.3) is 11.7 Å². The highest BCUT2D eigenvalue weighted by atomic mass is 32.2. The second kappa shape index (κ2) is 9.32. The minimum atomic E-state index is -2.52. The van der Waals surface area contributed by atoms with Gasteiger partial charge in [-0.2, -0.15) is 13.9 Å². The molecule has 0 radical (unpaired) electrons. The predicted molar refractivity (Wildman–Crippen MR) is 128 cm³/mol. The number of anilines is 1. The number of thiazole rings is 1. The van der Waals surface area contributed by atoms with E-state index in [0.29, 0.717) is 43.3 Å². The number of halogens is 3. The number of carbonyl (C=O) groups is 1. The van der Waals surface area contributed by atoms with Gasteiger partial charge < -0.3 is 0 Å². The van der Waals surface area contributed by atoms with Crippen LogP contribution in [0.3, 0.4) is 0 Å². The van der Waals surface area contributed by atoms with E-state index in [2.05, 4.69) is 15.4 Å². The maximum atomic E-state index is 13.5. The summed E-state index contributed by atoms with van der Waals surface area (Å²) in [5, 5.41) is 7.68. The van der Waals surface area contributed by atoms with E-state index in [1.54, 1.807) is 41.2 Å². The van der Waals surface area contributed by atoms with Gasteiger partial charge in [-0.05, 0) is 54.6 Å². The molecular formula is C24H15F3N4OS2. The van der Waals surface area contributed by atoms with E-state index in [1.165, 1.54) is 23.5 Å². The van der Waals surface area contributed by atoms with Crippen molar-refractivity contribution in [2.24, 2.45) is 0 Å². The van der Waals surface area contributed by atoms with Crippen molar-refractivity contribution in [2.45, 2.75) is 10.7 Å². The molecule has 34 heavy (non-hydrogen) atoms. The third-order valence-corrected chi connectivity index (χ3v) is 6.54. The number of nitrogens with one attached hydrogen (secondary N) is 1. The zero-order valence-electron chi connectivity index (χ0n) is 17.3. The van der Waals surface area contributed by atoms with Gasteiger partial charge in [0, 0.05) is 16.7 Å². The Hall–Kier alpha value is -3.63. The molecule has 5 aromatic rings. The van der Waals surface area contributed by atoms with Crippen molar-refractivity contribution in [1.82, 2.24) is 14.8 Å². The lowest BCUT2D eigenvalue weighted by Crippen LogP contribution is -2.12. The molecular weight excluding hydrogens is 481 g/mol. The van der Waals surface area contributed by atoms with E-state index in [4.69, 9.17) is 0 Å². The van der Waals surface area contributed by atoms with Gasteiger partial charge in [-0.25, -0.2) is 14.1 Å². The Labute approximate surface area is 200 Å². The summed E-state index contributed by atoms with van der Waals surface area (Å²) >= 11 is 1.65. The summed E-state index contributed by atoms with van der Waals surface area (Å²) < 4.78 is 41.1. The minimum absolute atomic E-state index is 0.281. The second-order valence-corrected chi connectivity index (χ2v) is 9.25. The highest BCUT2D eigenvalue weighted by molar-refractivity contribution is 7.99. The second-order valence-electron chi connectivity index (χ2n) is 7.16. The van der Waals surface area contributed by atoms with Crippen LogP contribution < -0.4 is 5.32 Å². The van der Waals surface area contributed by atoms with Crippen molar-refractivity contribution >= 4 is 44.4 Å². The number of aromatic nitrogens is 3. The van der Waals surface area contributed by atoms with E-state index in [1.807, 2.05) is 30.3 Å². The Morgan fingerprint density at radius 1 is 1.03 bits per heavy atom. The monoisotopic (exact) mass is 496 g/mol. The first kappa shape index (κ1) is 22.2. The molecule has 0 aliphatic heterocycles. The van der Waals surface area contributed by atoms with Crippen LogP contribution in [-0.4, -0.2) is 26.4 Å². The number of carbonyl (C=O) groups excluding carboxylic acids is 1. The first-order chi connectivity index (χ1) is 16.5. The molecule has 170 valence electrons. The molecule has 0 saturated carbocycles. The van der Waals surface area contributed by atoms with Crippen LogP contribution in [0, 0.1) is 5.82 Å². The van der Waals surface area contributed by atoms with Crippen LogP contribution in [0.4, 0.5) is 18.3 Å². The summed E-state index contributed by atoms with van der Waals surface area (Å²) in [5.74, 6) is -3.35. The number of thioether (sulfide) groups is 1. The number of benzene rings is 3. The highest BCUT2D eigenvalue weighted by Crippen LogP contribution is 2.33. The zero-order valence-corrected chi connectivity index (χ0v) is 18.9. The Kier molecular flexibility index (Phi) is 6.08. The summed E-state index contributed by atoms with van der Waals surface area (Å²) in [4.78, 5) is 18.0. The quantitative estimate of drug-likeness (QED) is 0.261. The molecule has 1 N–H and O–H groups in total. The van der Waals surface area contributed by atoms with E-state index in [0.717, 1.165) is 5.69 Å². The molecule has 0 aliphatic rings. The largest absolute Gasteiger partial charge is 0.298 e. The van der Waals surface area contributed by atoms with E-state index in [-0.39, 0.29) is 5.56 Å². The number of alkyl halides is 2. The first-order valence-corrected chi connectivity index (χ1v) is 11.7. The summed E-state index contributed by atoms with van der Waals surface area (Å²) in [6, 6.07) is 19.9. The fraction of sp³-hybridized carbons (Fsp3) is 0.0417. The lowest BCUT2D eigenvalue weighted by molar-refractivity contribution is 0.102. The Bertz CT molecular complexity index is 1470. The van der Waals surface area contributed by atoms with E-state index >= 15 is 0 Å². The SMILES string of the molecule is O=C(Nc1nc2ccc(SC(F)F)cc2s1)c1cn(-c2ccccc2)nc1-c1ccc(F)cc1. The van der Waals surface area contributed by atoms with Crippen molar-refractivity contribution in [3.8, 4) is 16.9 Å². The third-order valence-electron chi connectivity index (χ3n) is 4.90. The molecule has 5 rings (SSSR count). The maximum Gasteiger partial charge on any atom is 0.288 e. The maximum absolute atomic E-state index is 13.5.